The van der Waals surface area contributed by atoms with Gasteiger partial charge in [-0.15, -0.1) is 0 Å². The molecule has 1 aliphatic heterocycles. The molecule has 0 bridgehead atoms. The Bertz CT molecular complexity index is 591. The summed E-state index contributed by atoms with van der Waals surface area (Å²) in [6, 6.07) is 10.4. The summed E-state index contributed by atoms with van der Waals surface area (Å²) in [7, 11) is 0. The lowest BCUT2D eigenvalue weighted by molar-refractivity contribution is -0.909. The van der Waals surface area contributed by atoms with Crippen LogP contribution in [0.15, 0.2) is 40.8 Å². The standard InChI is InChI=1S/C18H23FN2O2/c19-16-4-2-15(3-5-16)18-7-6-17(23-18)14-20-8-1-9-21-10-12-22-13-11-21/h2-7,20H,1,8-14H2/p+2. The van der Waals surface area contributed by atoms with E-state index in [9.17, 15) is 4.39 Å². The van der Waals surface area contributed by atoms with Gasteiger partial charge < -0.3 is 19.4 Å². The number of halogens is 1. The van der Waals surface area contributed by atoms with Crippen LogP contribution in [0.2, 0.25) is 0 Å². The molecule has 1 saturated heterocycles. The number of rotatable bonds is 7. The molecule has 1 aliphatic rings. The lowest BCUT2D eigenvalue weighted by Crippen LogP contribution is -3.14. The molecule has 2 heterocycles. The van der Waals surface area contributed by atoms with Crippen LogP contribution >= 0.6 is 0 Å². The van der Waals surface area contributed by atoms with E-state index in [-0.39, 0.29) is 5.82 Å². The van der Waals surface area contributed by atoms with Gasteiger partial charge in [-0.25, -0.2) is 4.39 Å². The Labute approximate surface area is 136 Å². The summed E-state index contributed by atoms with van der Waals surface area (Å²) in [5.41, 5.74) is 0.911. The van der Waals surface area contributed by atoms with Crippen molar-refractivity contribution in [3.63, 3.8) is 0 Å². The molecule has 4 nitrogen and oxygen atoms in total. The molecule has 0 aliphatic carbocycles. The smallest absolute Gasteiger partial charge is 0.158 e. The highest BCUT2D eigenvalue weighted by Gasteiger charge is 2.13. The van der Waals surface area contributed by atoms with Crippen LogP contribution in [0.1, 0.15) is 12.2 Å². The van der Waals surface area contributed by atoms with Gasteiger partial charge in [-0.3, -0.25) is 0 Å². The third kappa shape index (κ3) is 4.89. The molecule has 1 fully saturated rings. The first kappa shape index (κ1) is 16.2. The van der Waals surface area contributed by atoms with Crippen molar-refractivity contribution < 1.29 is 23.8 Å². The number of hydrogen-bond donors (Lipinski definition) is 2. The van der Waals surface area contributed by atoms with Crippen LogP contribution in [-0.2, 0) is 11.3 Å². The van der Waals surface area contributed by atoms with Crippen LogP contribution in [0.3, 0.4) is 0 Å². The van der Waals surface area contributed by atoms with Gasteiger partial charge in [0.05, 0.1) is 26.3 Å². The zero-order chi connectivity index (χ0) is 15.9. The fraction of sp³-hybridized carbons (Fsp3) is 0.444. The second-order valence-corrected chi connectivity index (χ2v) is 6.02. The van der Waals surface area contributed by atoms with Crippen molar-refractivity contribution in [3.05, 3.63) is 48.0 Å². The van der Waals surface area contributed by atoms with Crippen LogP contribution in [0.4, 0.5) is 4.39 Å². The highest BCUT2D eigenvalue weighted by molar-refractivity contribution is 5.57. The fourth-order valence-electron chi connectivity index (χ4n) is 2.91. The molecule has 2 aromatic rings. The first-order chi connectivity index (χ1) is 11.3. The van der Waals surface area contributed by atoms with Crippen molar-refractivity contribution in [2.45, 2.75) is 13.0 Å². The Balaban J connectivity index is 1.38. The number of quaternary nitrogens is 2. The molecule has 0 saturated carbocycles. The Morgan fingerprint density at radius 2 is 1.83 bits per heavy atom. The average molecular weight is 320 g/mol. The molecule has 3 N–H and O–H groups in total. The van der Waals surface area contributed by atoms with Crippen LogP contribution in [0.25, 0.3) is 11.3 Å². The first-order valence-electron chi connectivity index (χ1n) is 8.39. The third-order valence-corrected chi connectivity index (χ3v) is 4.27. The van der Waals surface area contributed by atoms with E-state index in [0.29, 0.717) is 0 Å². The predicted molar refractivity (Wildman–Crippen MR) is 85.6 cm³/mol. The number of ether oxygens (including phenoxy) is 1. The molecule has 1 aromatic carbocycles. The van der Waals surface area contributed by atoms with Gasteiger partial charge in [-0.05, 0) is 36.4 Å². The van der Waals surface area contributed by atoms with Crippen LogP contribution in [-0.4, -0.2) is 39.4 Å². The van der Waals surface area contributed by atoms with Gasteiger partial charge >= 0.3 is 0 Å². The van der Waals surface area contributed by atoms with E-state index in [1.54, 1.807) is 17.0 Å². The van der Waals surface area contributed by atoms with Crippen molar-refractivity contribution in [1.82, 2.24) is 0 Å². The van der Waals surface area contributed by atoms with E-state index in [4.69, 9.17) is 9.15 Å². The highest BCUT2D eigenvalue weighted by atomic mass is 19.1. The molecule has 1 aromatic heterocycles. The molecular weight excluding hydrogens is 295 g/mol. The van der Waals surface area contributed by atoms with Crippen LogP contribution in [0, 0.1) is 5.82 Å². The van der Waals surface area contributed by atoms with E-state index < -0.39 is 0 Å². The van der Waals surface area contributed by atoms with E-state index in [1.807, 2.05) is 12.1 Å². The lowest BCUT2D eigenvalue weighted by atomic mass is 10.2. The van der Waals surface area contributed by atoms with Gasteiger partial charge in [0.1, 0.15) is 31.2 Å². The predicted octanol–water partition coefficient (Wildman–Crippen LogP) is 0.454. The van der Waals surface area contributed by atoms with Gasteiger partial charge in [0, 0.05) is 12.0 Å². The number of hydrogen-bond acceptors (Lipinski definition) is 2. The SMILES string of the molecule is Fc1ccc(-c2ccc(C[NH2+]CCC[NH+]3CCOCC3)o2)cc1. The summed E-state index contributed by atoms with van der Waals surface area (Å²) in [6.07, 6.45) is 1.21. The van der Waals surface area contributed by atoms with Gasteiger partial charge in [0.15, 0.2) is 5.76 Å². The van der Waals surface area contributed by atoms with Gasteiger partial charge in [0.25, 0.3) is 0 Å². The van der Waals surface area contributed by atoms with Crippen molar-refractivity contribution in [2.24, 2.45) is 0 Å². The summed E-state index contributed by atoms with van der Waals surface area (Å²) in [5.74, 6) is 1.53. The van der Waals surface area contributed by atoms with E-state index in [1.165, 1.54) is 25.1 Å². The Morgan fingerprint density at radius 3 is 2.61 bits per heavy atom. The lowest BCUT2D eigenvalue weighted by Gasteiger charge is -2.23. The molecule has 3 rings (SSSR count). The summed E-state index contributed by atoms with van der Waals surface area (Å²) in [4.78, 5) is 1.65. The molecule has 0 amide bonds. The Hall–Kier alpha value is -1.69. The number of nitrogens with two attached hydrogens (primary N) is 1. The normalized spacial score (nSPS) is 15.9. The fourth-order valence-corrected chi connectivity index (χ4v) is 2.91. The Kier molecular flexibility index (Phi) is 5.80. The summed E-state index contributed by atoms with van der Waals surface area (Å²) in [6.45, 7) is 7.25. The van der Waals surface area contributed by atoms with E-state index in [0.717, 1.165) is 56.5 Å². The zero-order valence-corrected chi connectivity index (χ0v) is 13.4. The van der Waals surface area contributed by atoms with Crippen molar-refractivity contribution >= 4 is 0 Å². The number of nitrogens with one attached hydrogen (secondary N) is 1. The monoisotopic (exact) mass is 320 g/mol. The Morgan fingerprint density at radius 1 is 1.04 bits per heavy atom. The maximum Gasteiger partial charge on any atom is 0.158 e. The van der Waals surface area contributed by atoms with Crippen molar-refractivity contribution in [2.75, 3.05) is 39.4 Å². The minimum atomic E-state index is -0.226. The molecule has 0 spiro atoms. The second kappa shape index (κ2) is 8.24. The summed E-state index contributed by atoms with van der Waals surface area (Å²) >= 11 is 0. The third-order valence-electron chi connectivity index (χ3n) is 4.27. The van der Waals surface area contributed by atoms with E-state index >= 15 is 0 Å². The van der Waals surface area contributed by atoms with Crippen LogP contribution in [0.5, 0.6) is 0 Å². The molecule has 0 radical (unpaired) electrons. The van der Waals surface area contributed by atoms with E-state index in [2.05, 4.69) is 5.32 Å². The molecular formula is C18H25FN2O2+2. The van der Waals surface area contributed by atoms with Gasteiger partial charge in [-0.2, -0.15) is 0 Å². The average Bonchev–Trinajstić information content (AvgIpc) is 3.05. The molecule has 0 unspecified atom stereocenters. The topological polar surface area (TPSA) is 43.4 Å². The molecule has 5 heteroatoms. The molecule has 0 atom stereocenters. The number of furan rings is 1. The minimum Gasteiger partial charge on any atom is -0.455 e. The van der Waals surface area contributed by atoms with Crippen molar-refractivity contribution in [1.29, 1.82) is 0 Å². The van der Waals surface area contributed by atoms with Crippen LogP contribution < -0.4 is 10.2 Å². The minimum absolute atomic E-state index is 0.226. The number of benzene rings is 1. The van der Waals surface area contributed by atoms with Crippen molar-refractivity contribution in [3.8, 4) is 11.3 Å². The summed E-state index contributed by atoms with van der Waals surface area (Å²) < 4.78 is 24.1. The molecule has 124 valence electrons. The maximum absolute atomic E-state index is 12.9. The maximum atomic E-state index is 12.9. The van der Waals surface area contributed by atoms with Gasteiger partial charge in [-0.1, -0.05) is 0 Å². The zero-order valence-electron chi connectivity index (χ0n) is 13.4. The first-order valence-corrected chi connectivity index (χ1v) is 8.39. The second-order valence-electron chi connectivity index (χ2n) is 6.02. The number of morpholine rings is 1. The highest BCUT2D eigenvalue weighted by Crippen LogP contribution is 2.21. The molecule has 23 heavy (non-hydrogen) atoms. The van der Waals surface area contributed by atoms with Gasteiger partial charge in [0.2, 0.25) is 0 Å². The summed E-state index contributed by atoms with van der Waals surface area (Å²) in [5, 5.41) is 2.28. The quantitative estimate of drug-likeness (QED) is 0.728. The largest absolute Gasteiger partial charge is 0.455 e.